The second kappa shape index (κ2) is 13.3. The van der Waals surface area contributed by atoms with Crippen molar-refractivity contribution in [3.63, 3.8) is 0 Å². The quantitative estimate of drug-likeness (QED) is 0.136. The van der Waals surface area contributed by atoms with Gasteiger partial charge in [0.15, 0.2) is 11.5 Å². The van der Waals surface area contributed by atoms with Crippen LogP contribution in [-0.2, 0) is 38.2 Å². The highest BCUT2D eigenvalue weighted by atomic mass is 16.5. The van der Waals surface area contributed by atoms with E-state index >= 15 is 0 Å². The van der Waals surface area contributed by atoms with Crippen LogP contribution in [0.5, 0.6) is 0 Å². The van der Waals surface area contributed by atoms with Crippen molar-refractivity contribution in [3.05, 3.63) is 23.7 Å². The summed E-state index contributed by atoms with van der Waals surface area (Å²) in [6.45, 7) is 11.0. The van der Waals surface area contributed by atoms with Gasteiger partial charge in [-0.3, -0.25) is 24.0 Å². The average Bonchev–Trinajstić information content (AvgIpc) is 2.81. The first-order valence-electron chi connectivity index (χ1n) is 13.5. The Morgan fingerprint density at radius 1 is 1.08 bits per heavy atom. The monoisotopic (exact) mass is 534 g/mol. The molecule has 1 N–H and O–H groups in total. The molecule has 0 spiro atoms. The molecule has 9 heteroatoms. The zero-order chi connectivity index (χ0) is 28.8. The van der Waals surface area contributed by atoms with E-state index in [0.29, 0.717) is 12.0 Å². The van der Waals surface area contributed by atoms with Crippen LogP contribution in [0.2, 0.25) is 0 Å². The molecule has 7 atom stereocenters. The predicted molar refractivity (Wildman–Crippen MR) is 138 cm³/mol. The number of unbranched alkanes of at least 4 members (excludes halogenated alkanes) is 3. The van der Waals surface area contributed by atoms with Crippen LogP contribution in [0.4, 0.5) is 0 Å². The van der Waals surface area contributed by atoms with Crippen molar-refractivity contribution < 1.29 is 43.3 Å². The number of rotatable bonds is 11. The highest BCUT2D eigenvalue weighted by Gasteiger charge is 2.63. The van der Waals surface area contributed by atoms with E-state index in [1.807, 2.05) is 6.92 Å². The molecule has 0 amide bonds. The fourth-order valence-corrected chi connectivity index (χ4v) is 6.20. The minimum atomic E-state index is -1.51. The van der Waals surface area contributed by atoms with E-state index in [1.165, 1.54) is 20.8 Å². The zero-order valence-corrected chi connectivity index (χ0v) is 23.6. The van der Waals surface area contributed by atoms with E-state index < -0.39 is 64.9 Å². The van der Waals surface area contributed by atoms with Crippen LogP contribution < -0.4 is 0 Å². The summed E-state index contributed by atoms with van der Waals surface area (Å²) in [5, 5.41) is 11.2. The lowest BCUT2D eigenvalue weighted by Gasteiger charge is -2.54. The first-order valence-corrected chi connectivity index (χ1v) is 13.5. The maximum atomic E-state index is 14.0. The number of esters is 3. The summed E-state index contributed by atoms with van der Waals surface area (Å²) in [5.41, 5.74) is -1.17. The van der Waals surface area contributed by atoms with Crippen molar-refractivity contribution in [2.75, 3.05) is 0 Å². The van der Waals surface area contributed by atoms with Crippen LogP contribution in [-0.4, -0.2) is 46.8 Å². The van der Waals surface area contributed by atoms with Gasteiger partial charge in [-0.05, 0) is 37.2 Å². The summed E-state index contributed by atoms with van der Waals surface area (Å²) in [4.78, 5) is 63.6. The first-order chi connectivity index (χ1) is 17.8. The molecule has 0 bridgehead atoms. The average molecular weight is 535 g/mol. The molecule has 212 valence electrons. The second-order valence-corrected chi connectivity index (χ2v) is 10.8. The molecule has 0 saturated heterocycles. The van der Waals surface area contributed by atoms with Gasteiger partial charge in [0.2, 0.25) is 5.78 Å². The van der Waals surface area contributed by atoms with Gasteiger partial charge >= 0.3 is 17.9 Å². The van der Waals surface area contributed by atoms with E-state index in [1.54, 1.807) is 13.8 Å². The van der Waals surface area contributed by atoms with Crippen LogP contribution in [0.3, 0.4) is 0 Å². The van der Waals surface area contributed by atoms with Crippen LogP contribution in [0, 0.1) is 29.1 Å². The lowest BCUT2D eigenvalue weighted by molar-refractivity contribution is -0.178. The van der Waals surface area contributed by atoms with Gasteiger partial charge in [-0.2, -0.15) is 0 Å². The maximum absolute atomic E-state index is 14.0. The van der Waals surface area contributed by atoms with Crippen LogP contribution in [0.15, 0.2) is 23.7 Å². The van der Waals surface area contributed by atoms with Crippen molar-refractivity contribution in [2.45, 2.75) is 99.2 Å². The molecule has 2 rings (SSSR count). The zero-order valence-electron chi connectivity index (χ0n) is 23.6. The van der Waals surface area contributed by atoms with E-state index in [9.17, 15) is 29.1 Å². The summed E-state index contributed by atoms with van der Waals surface area (Å²) >= 11 is 0. The molecule has 38 heavy (non-hydrogen) atoms. The SMILES string of the molecule is CCCCCC[C@@H](C)C1=C(OC(C)=O)C(=O)[C@H]2[C@@H](O)[C@@H](C)C[C@@H](OC(C)=O)[C@@H]2[C@@]1(C)C(=O)/C=C/OC(C)=O. The minimum absolute atomic E-state index is 0.229. The van der Waals surface area contributed by atoms with Crippen molar-refractivity contribution in [2.24, 2.45) is 29.1 Å². The molecule has 0 aromatic heterocycles. The Labute approximate surface area is 225 Å². The second-order valence-electron chi connectivity index (χ2n) is 10.8. The highest BCUT2D eigenvalue weighted by Crippen LogP contribution is 2.57. The number of fused-ring (bicyclic) bond motifs is 1. The number of hydrogen-bond donors (Lipinski definition) is 1. The number of ether oxygens (including phenoxy) is 3. The van der Waals surface area contributed by atoms with Crippen molar-refractivity contribution in [1.29, 1.82) is 0 Å². The molecule has 1 fully saturated rings. The molecule has 0 heterocycles. The largest absolute Gasteiger partial charge is 0.462 e. The summed E-state index contributed by atoms with van der Waals surface area (Å²) in [5.74, 6) is -6.07. The molecular weight excluding hydrogens is 492 g/mol. The van der Waals surface area contributed by atoms with Gasteiger partial charge in [0.1, 0.15) is 6.10 Å². The highest BCUT2D eigenvalue weighted by molar-refractivity contribution is 6.06. The minimum Gasteiger partial charge on any atom is -0.462 e. The third-order valence-electron chi connectivity index (χ3n) is 7.85. The summed E-state index contributed by atoms with van der Waals surface area (Å²) in [6, 6.07) is 0. The fourth-order valence-electron chi connectivity index (χ4n) is 6.20. The summed E-state index contributed by atoms with van der Waals surface area (Å²) < 4.78 is 16.1. The molecule has 0 aromatic rings. The Kier molecular flexibility index (Phi) is 11.0. The fraction of sp³-hybridized carbons (Fsp3) is 0.690. The van der Waals surface area contributed by atoms with Crippen molar-refractivity contribution in [1.82, 2.24) is 0 Å². The standard InChI is InChI=1S/C29H42O9/c1-8-9-10-11-12-16(2)24-28(38-20(6)32)27(35)23-25(21(37-19(5)31)15-17(3)26(23)34)29(24,7)22(33)13-14-36-18(4)30/h13-14,16-17,21,23,25-26,34H,8-12,15H2,1-7H3/b14-13+/t16-,17+,21-,23-,25+,26+,29+/m1/s1. The van der Waals surface area contributed by atoms with Gasteiger partial charge in [-0.25, -0.2) is 0 Å². The molecular formula is C29H42O9. The van der Waals surface area contributed by atoms with Crippen LogP contribution in [0.25, 0.3) is 0 Å². The van der Waals surface area contributed by atoms with E-state index in [0.717, 1.165) is 38.0 Å². The number of carbonyl (C=O) groups excluding carboxylic acids is 5. The smallest absolute Gasteiger partial charge is 0.308 e. The van der Waals surface area contributed by atoms with Gasteiger partial charge < -0.3 is 19.3 Å². The number of carbonyl (C=O) groups is 5. The molecule has 9 nitrogen and oxygen atoms in total. The van der Waals surface area contributed by atoms with Crippen LogP contribution in [0.1, 0.15) is 87.0 Å². The van der Waals surface area contributed by atoms with Gasteiger partial charge in [0, 0.05) is 32.8 Å². The molecule has 1 saturated carbocycles. The first kappa shape index (κ1) is 31.4. The number of aliphatic hydroxyl groups is 1. The van der Waals surface area contributed by atoms with Gasteiger partial charge in [-0.1, -0.05) is 46.5 Å². The van der Waals surface area contributed by atoms with E-state index in [2.05, 4.69) is 6.92 Å². The number of hydrogen-bond acceptors (Lipinski definition) is 9. The van der Waals surface area contributed by atoms with E-state index in [4.69, 9.17) is 14.2 Å². The molecule has 0 aliphatic heterocycles. The normalized spacial score (nSPS) is 30.0. The number of Topliss-reactive ketones (excluding diaryl/α,β-unsaturated/α-hetero) is 1. The van der Waals surface area contributed by atoms with E-state index in [-0.39, 0.29) is 18.1 Å². The number of aliphatic hydroxyl groups excluding tert-OH is 1. The number of allylic oxidation sites excluding steroid dienone is 3. The van der Waals surface area contributed by atoms with Gasteiger partial charge in [0.25, 0.3) is 0 Å². The Bertz CT molecular complexity index is 994. The lowest BCUT2D eigenvalue weighted by Crippen LogP contribution is -2.61. The number of ketones is 2. The van der Waals surface area contributed by atoms with Crippen molar-refractivity contribution in [3.8, 4) is 0 Å². The molecule has 0 radical (unpaired) electrons. The Balaban J connectivity index is 2.82. The third-order valence-corrected chi connectivity index (χ3v) is 7.85. The molecule has 0 unspecified atom stereocenters. The molecule has 0 aromatic carbocycles. The lowest BCUT2D eigenvalue weighted by atomic mass is 9.50. The Morgan fingerprint density at radius 2 is 1.74 bits per heavy atom. The maximum Gasteiger partial charge on any atom is 0.308 e. The van der Waals surface area contributed by atoms with Gasteiger partial charge in [-0.15, -0.1) is 0 Å². The predicted octanol–water partition coefficient (Wildman–Crippen LogP) is 4.21. The topological polar surface area (TPSA) is 133 Å². The third kappa shape index (κ3) is 6.79. The Hall–Kier alpha value is -2.81. The summed E-state index contributed by atoms with van der Waals surface area (Å²) in [7, 11) is 0. The molecule has 2 aliphatic rings. The Morgan fingerprint density at radius 3 is 2.29 bits per heavy atom. The van der Waals surface area contributed by atoms with Crippen molar-refractivity contribution >= 4 is 29.5 Å². The summed E-state index contributed by atoms with van der Waals surface area (Å²) in [6.07, 6.45) is 4.81. The van der Waals surface area contributed by atoms with Gasteiger partial charge in [0.05, 0.1) is 23.7 Å². The molecule has 2 aliphatic carbocycles. The van der Waals surface area contributed by atoms with Crippen LogP contribution >= 0.6 is 0 Å².